The third-order valence-electron chi connectivity index (χ3n) is 3.54. The molecule has 1 unspecified atom stereocenters. The van der Waals surface area contributed by atoms with E-state index in [1.165, 1.54) is 0 Å². The number of carboxylic acid groups (broad SMARTS) is 1. The highest BCUT2D eigenvalue weighted by molar-refractivity contribution is 5.72. The van der Waals surface area contributed by atoms with Crippen molar-refractivity contribution < 1.29 is 35.1 Å². The zero-order valence-electron chi connectivity index (χ0n) is 11.6. The van der Waals surface area contributed by atoms with E-state index in [1.54, 1.807) is 0 Å². The molecule has 1 saturated heterocycles. The molecule has 6 atom stereocenters. The Labute approximate surface area is 122 Å². The minimum atomic E-state index is -1.35. The molecule has 0 bridgehead atoms. The number of hydrogen-bond acceptors (Lipinski definition) is 8. The van der Waals surface area contributed by atoms with E-state index < -0.39 is 49.3 Å². The summed E-state index contributed by atoms with van der Waals surface area (Å²) in [5.74, 6) is -1.05. The molecule has 21 heavy (non-hydrogen) atoms. The lowest BCUT2D eigenvalue weighted by Gasteiger charge is -2.40. The molecule has 0 aromatic heterocycles. The summed E-state index contributed by atoms with van der Waals surface area (Å²) in [5.41, 5.74) is 5.36. The molecule has 0 saturated carbocycles. The maximum absolute atomic E-state index is 10.5. The van der Waals surface area contributed by atoms with Gasteiger partial charge < -0.3 is 41.3 Å². The van der Waals surface area contributed by atoms with E-state index in [4.69, 9.17) is 20.7 Å². The molecule has 8 N–H and O–H groups in total. The third kappa shape index (κ3) is 5.15. The van der Waals surface area contributed by atoms with Gasteiger partial charge in [0.2, 0.25) is 0 Å². The van der Waals surface area contributed by atoms with Crippen LogP contribution in [-0.4, -0.2) is 81.3 Å². The minimum Gasteiger partial charge on any atom is -0.480 e. The molecule has 0 aliphatic carbocycles. The van der Waals surface area contributed by atoms with Crippen LogP contribution in [0.4, 0.5) is 0 Å². The number of aliphatic hydroxyl groups excluding tert-OH is 4. The van der Waals surface area contributed by atoms with Crippen molar-refractivity contribution >= 4 is 5.97 Å². The van der Waals surface area contributed by atoms with E-state index in [2.05, 4.69) is 5.32 Å². The Balaban J connectivity index is 2.29. The number of unbranched alkanes of at least 4 members (excludes halogenated alkanes) is 1. The Kier molecular flexibility index (Phi) is 7.46. The summed E-state index contributed by atoms with van der Waals surface area (Å²) in [6.07, 6.45) is -3.44. The fourth-order valence-corrected chi connectivity index (χ4v) is 2.20. The van der Waals surface area contributed by atoms with E-state index in [0.29, 0.717) is 25.8 Å². The lowest BCUT2D eigenvalue weighted by Crippen LogP contribution is -2.63. The molecular weight excluding hydrogens is 284 g/mol. The Morgan fingerprint density at radius 3 is 2.48 bits per heavy atom. The van der Waals surface area contributed by atoms with E-state index in [-0.39, 0.29) is 0 Å². The molecule has 9 heteroatoms. The van der Waals surface area contributed by atoms with Crippen molar-refractivity contribution in [1.29, 1.82) is 0 Å². The predicted octanol–water partition coefficient (Wildman–Crippen LogP) is -3.04. The van der Waals surface area contributed by atoms with Crippen LogP contribution in [0.3, 0.4) is 0 Å². The number of carboxylic acids is 1. The zero-order chi connectivity index (χ0) is 16.0. The van der Waals surface area contributed by atoms with E-state index in [9.17, 15) is 20.1 Å². The lowest BCUT2D eigenvalue weighted by atomic mass is 9.97. The van der Waals surface area contributed by atoms with Gasteiger partial charge in [-0.3, -0.25) is 4.79 Å². The maximum atomic E-state index is 10.5. The van der Waals surface area contributed by atoms with Crippen LogP contribution in [0, 0.1) is 0 Å². The summed E-state index contributed by atoms with van der Waals surface area (Å²) in [6.45, 7) is -0.111. The minimum absolute atomic E-state index is 0.332. The van der Waals surface area contributed by atoms with Gasteiger partial charge in [0.05, 0.1) is 12.6 Å². The van der Waals surface area contributed by atoms with Crippen LogP contribution in [-0.2, 0) is 9.53 Å². The third-order valence-corrected chi connectivity index (χ3v) is 3.54. The van der Waals surface area contributed by atoms with Gasteiger partial charge in [0.25, 0.3) is 0 Å². The highest BCUT2D eigenvalue weighted by Gasteiger charge is 2.43. The monoisotopic (exact) mass is 308 g/mol. The Morgan fingerprint density at radius 2 is 1.90 bits per heavy atom. The molecule has 1 rings (SSSR count). The number of aliphatic carboxylic acids is 1. The van der Waals surface area contributed by atoms with Crippen molar-refractivity contribution in [3.8, 4) is 0 Å². The van der Waals surface area contributed by atoms with Crippen molar-refractivity contribution in [3.63, 3.8) is 0 Å². The first kappa shape index (κ1) is 18.2. The van der Waals surface area contributed by atoms with Crippen LogP contribution in [0.2, 0.25) is 0 Å². The first-order valence-electron chi connectivity index (χ1n) is 6.90. The van der Waals surface area contributed by atoms with Gasteiger partial charge in [-0.2, -0.15) is 0 Å². The highest BCUT2D eigenvalue weighted by atomic mass is 16.6. The number of nitrogens with two attached hydrogens (primary N) is 1. The van der Waals surface area contributed by atoms with Gasteiger partial charge in [-0.25, -0.2) is 0 Å². The Bertz CT molecular complexity index is 331. The van der Waals surface area contributed by atoms with Crippen LogP contribution >= 0.6 is 0 Å². The first-order chi connectivity index (χ1) is 9.88. The molecule has 0 aromatic rings. The van der Waals surface area contributed by atoms with Gasteiger partial charge in [0.15, 0.2) is 6.29 Å². The number of carbonyl (C=O) groups is 1. The lowest BCUT2D eigenvalue weighted by molar-refractivity contribution is -0.254. The van der Waals surface area contributed by atoms with Gasteiger partial charge in [-0.05, 0) is 19.4 Å². The summed E-state index contributed by atoms with van der Waals surface area (Å²) in [6, 6.07) is -1.78. The average Bonchev–Trinajstić information content (AvgIpc) is 2.45. The van der Waals surface area contributed by atoms with Crippen molar-refractivity contribution in [1.82, 2.24) is 5.32 Å². The maximum Gasteiger partial charge on any atom is 0.320 e. The van der Waals surface area contributed by atoms with Crippen LogP contribution in [0.15, 0.2) is 0 Å². The fourth-order valence-electron chi connectivity index (χ4n) is 2.20. The summed E-state index contributed by atoms with van der Waals surface area (Å²) in [5, 5.41) is 49.7. The molecule has 1 fully saturated rings. The molecule has 9 nitrogen and oxygen atoms in total. The van der Waals surface area contributed by atoms with Crippen LogP contribution in [0.25, 0.3) is 0 Å². The topological polar surface area (TPSA) is 166 Å². The van der Waals surface area contributed by atoms with Gasteiger partial charge in [0.1, 0.15) is 24.4 Å². The SMILES string of the molecule is NC(CCCCN[C@@H]1[C@@H](O)[C@H](O)[C@@H](CO)O[C@@H]1O)C(=O)O. The number of rotatable bonds is 8. The van der Waals surface area contributed by atoms with E-state index in [0.717, 1.165) is 0 Å². The molecule has 1 heterocycles. The quantitative estimate of drug-likeness (QED) is 0.231. The van der Waals surface area contributed by atoms with Crippen molar-refractivity contribution in [3.05, 3.63) is 0 Å². The second-order valence-corrected chi connectivity index (χ2v) is 5.15. The molecule has 0 radical (unpaired) electrons. The first-order valence-corrected chi connectivity index (χ1v) is 6.90. The highest BCUT2D eigenvalue weighted by Crippen LogP contribution is 2.19. The second-order valence-electron chi connectivity index (χ2n) is 5.15. The van der Waals surface area contributed by atoms with E-state index >= 15 is 0 Å². The molecule has 124 valence electrons. The predicted molar refractivity (Wildman–Crippen MR) is 71.2 cm³/mol. The number of aliphatic hydroxyl groups is 4. The van der Waals surface area contributed by atoms with Crippen LogP contribution in [0.1, 0.15) is 19.3 Å². The summed E-state index contributed by atoms with van der Waals surface area (Å²) in [7, 11) is 0. The largest absolute Gasteiger partial charge is 0.480 e. The second kappa shape index (κ2) is 8.59. The smallest absolute Gasteiger partial charge is 0.320 e. The van der Waals surface area contributed by atoms with E-state index in [1.807, 2.05) is 0 Å². The van der Waals surface area contributed by atoms with Gasteiger partial charge in [-0.15, -0.1) is 0 Å². The van der Waals surface area contributed by atoms with Crippen LogP contribution < -0.4 is 11.1 Å². The molecule has 1 aliphatic heterocycles. The van der Waals surface area contributed by atoms with Crippen molar-refractivity contribution in [2.45, 2.75) is 55.9 Å². The number of hydrogen-bond donors (Lipinski definition) is 7. The number of nitrogens with one attached hydrogen (secondary N) is 1. The molecule has 0 spiro atoms. The standard InChI is InChI=1S/C12H24N2O7/c13-6(11(18)19)3-1-2-4-14-8-10(17)9(16)7(5-15)21-12(8)20/h6-10,12,14-17,20H,1-5,13H2,(H,18,19)/t6?,7-,8-,9-,10-,12+/m1/s1. The van der Waals surface area contributed by atoms with Gasteiger partial charge >= 0.3 is 5.97 Å². The molecule has 1 aliphatic rings. The van der Waals surface area contributed by atoms with Gasteiger partial charge in [0, 0.05) is 0 Å². The Morgan fingerprint density at radius 1 is 1.24 bits per heavy atom. The summed E-state index contributed by atoms with van der Waals surface area (Å²) < 4.78 is 4.99. The Hall–Kier alpha value is -0.810. The normalized spacial score (nSPS) is 34.6. The average molecular weight is 308 g/mol. The number of ether oxygens (including phenoxy) is 1. The summed E-state index contributed by atoms with van der Waals surface area (Å²) in [4.78, 5) is 10.5. The zero-order valence-corrected chi connectivity index (χ0v) is 11.6. The molecular formula is C12H24N2O7. The van der Waals surface area contributed by atoms with Crippen LogP contribution in [0.5, 0.6) is 0 Å². The van der Waals surface area contributed by atoms with Gasteiger partial charge in [-0.1, -0.05) is 6.42 Å². The fraction of sp³-hybridized carbons (Fsp3) is 0.917. The van der Waals surface area contributed by atoms with Crippen molar-refractivity contribution in [2.75, 3.05) is 13.2 Å². The van der Waals surface area contributed by atoms with Crippen molar-refractivity contribution in [2.24, 2.45) is 5.73 Å². The molecule has 0 amide bonds. The molecule has 0 aromatic carbocycles. The summed E-state index contributed by atoms with van der Waals surface area (Å²) >= 11 is 0.